The summed E-state index contributed by atoms with van der Waals surface area (Å²) in [6.45, 7) is 4.48. The van der Waals surface area contributed by atoms with E-state index < -0.39 is 0 Å². The number of hydrazone groups is 1. The fourth-order valence-electron chi connectivity index (χ4n) is 4.46. The number of hydrogen-bond donors (Lipinski definition) is 1. The van der Waals surface area contributed by atoms with E-state index in [1.54, 1.807) is 6.21 Å². The molecule has 2 aromatic carbocycles. The first kappa shape index (κ1) is 23.1. The maximum Gasteiger partial charge on any atom is 0.250 e. The van der Waals surface area contributed by atoms with Crippen molar-refractivity contribution >= 4 is 24.1 Å². The third-order valence-corrected chi connectivity index (χ3v) is 6.37. The molecule has 2 aliphatic rings. The molecule has 35 heavy (non-hydrogen) atoms. The quantitative estimate of drug-likeness (QED) is 0.371. The topological polar surface area (TPSA) is 78.8 Å². The first-order chi connectivity index (χ1) is 17.3. The number of rotatable bonds is 8. The van der Waals surface area contributed by atoms with Gasteiger partial charge in [0.1, 0.15) is 12.4 Å². The predicted octanol–water partition coefficient (Wildman–Crippen LogP) is 4.88. The highest BCUT2D eigenvalue weighted by Gasteiger charge is 2.20. The van der Waals surface area contributed by atoms with Crippen molar-refractivity contribution in [3.05, 3.63) is 65.7 Å². The zero-order valence-electron chi connectivity index (χ0n) is 20.1. The van der Waals surface area contributed by atoms with E-state index in [1.165, 1.54) is 38.5 Å². The minimum Gasteiger partial charge on any atom is -0.489 e. The molecule has 0 saturated carbocycles. The molecule has 0 unspecified atom stereocenters. The van der Waals surface area contributed by atoms with Crippen LogP contribution in [0.1, 0.15) is 49.7 Å². The van der Waals surface area contributed by atoms with Gasteiger partial charge in [0.15, 0.2) is 0 Å². The second-order valence-electron chi connectivity index (χ2n) is 9.07. The third-order valence-electron chi connectivity index (χ3n) is 6.37. The Bertz CT molecular complexity index is 1070. The van der Waals surface area contributed by atoms with E-state index in [0.29, 0.717) is 12.6 Å². The monoisotopic (exact) mass is 471 g/mol. The van der Waals surface area contributed by atoms with Gasteiger partial charge in [0.05, 0.1) is 6.21 Å². The second kappa shape index (κ2) is 11.6. The Morgan fingerprint density at radius 3 is 2.09 bits per heavy atom. The molecule has 3 heterocycles. The summed E-state index contributed by atoms with van der Waals surface area (Å²) in [5.74, 6) is 2.77. The largest absolute Gasteiger partial charge is 0.489 e. The lowest BCUT2D eigenvalue weighted by Crippen LogP contribution is -2.34. The van der Waals surface area contributed by atoms with Crippen LogP contribution < -0.4 is 20.0 Å². The lowest BCUT2D eigenvalue weighted by atomic mass is 10.1. The predicted molar refractivity (Wildman–Crippen MR) is 140 cm³/mol. The summed E-state index contributed by atoms with van der Waals surface area (Å²) in [6, 6.07) is 18.0. The van der Waals surface area contributed by atoms with Crippen LogP contribution >= 0.6 is 0 Å². The smallest absolute Gasteiger partial charge is 0.250 e. The third kappa shape index (κ3) is 6.47. The Labute approximate surface area is 207 Å². The van der Waals surface area contributed by atoms with Gasteiger partial charge in [0.25, 0.3) is 0 Å². The van der Waals surface area contributed by atoms with Gasteiger partial charge in [-0.3, -0.25) is 0 Å². The van der Waals surface area contributed by atoms with Crippen LogP contribution in [0.2, 0.25) is 0 Å². The zero-order chi connectivity index (χ0) is 23.7. The minimum atomic E-state index is 0.480. The molecule has 2 fully saturated rings. The SMILES string of the molecule is C(=N/Nc1nc(N2CCCCC2)nc(N2CCCCC2)n1)/c1cccc(OCc2ccccc2)c1. The summed E-state index contributed by atoms with van der Waals surface area (Å²) in [7, 11) is 0. The standard InChI is InChI=1S/C27H33N7O/c1-4-11-22(12-5-1)21-35-24-14-10-13-23(19-24)20-28-32-25-29-26(33-15-6-2-7-16-33)31-27(30-25)34-17-8-3-9-18-34/h1,4-5,10-14,19-20H,2-3,6-9,15-18,21H2,(H,29,30,31,32)/b28-20-. The number of benzene rings is 2. The van der Waals surface area contributed by atoms with Gasteiger partial charge in [-0.2, -0.15) is 20.1 Å². The second-order valence-corrected chi connectivity index (χ2v) is 9.07. The lowest BCUT2D eigenvalue weighted by Gasteiger charge is -2.30. The van der Waals surface area contributed by atoms with Crippen LogP contribution in [-0.4, -0.2) is 47.3 Å². The van der Waals surface area contributed by atoms with Gasteiger partial charge >= 0.3 is 0 Å². The highest BCUT2D eigenvalue weighted by atomic mass is 16.5. The maximum absolute atomic E-state index is 5.94. The van der Waals surface area contributed by atoms with Crippen LogP contribution in [0.3, 0.4) is 0 Å². The molecule has 5 rings (SSSR count). The summed E-state index contributed by atoms with van der Waals surface area (Å²) >= 11 is 0. The maximum atomic E-state index is 5.94. The molecule has 1 N–H and O–H groups in total. The molecule has 0 radical (unpaired) electrons. The highest BCUT2D eigenvalue weighted by molar-refractivity contribution is 5.80. The van der Waals surface area contributed by atoms with Crippen molar-refractivity contribution in [3.8, 4) is 5.75 Å². The number of hydrogen-bond acceptors (Lipinski definition) is 8. The molecule has 0 amide bonds. The summed E-state index contributed by atoms with van der Waals surface area (Å²) in [5, 5.41) is 4.42. The van der Waals surface area contributed by atoms with Crippen molar-refractivity contribution in [2.24, 2.45) is 5.10 Å². The van der Waals surface area contributed by atoms with Crippen molar-refractivity contribution in [2.45, 2.75) is 45.1 Å². The Kier molecular flexibility index (Phi) is 7.68. The summed E-state index contributed by atoms with van der Waals surface area (Å²) in [6.07, 6.45) is 9.00. The van der Waals surface area contributed by atoms with Gasteiger partial charge in [-0.15, -0.1) is 0 Å². The van der Waals surface area contributed by atoms with Gasteiger partial charge in [0.2, 0.25) is 17.8 Å². The molecule has 0 bridgehead atoms. The van der Waals surface area contributed by atoms with Gasteiger partial charge in [0, 0.05) is 26.2 Å². The number of anilines is 3. The first-order valence-corrected chi connectivity index (χ1v) is 12.7. The van der Waals surface area contributed by atoms with Crippen molar-refractivity contribution in [3.63, 3.8) is 0 Å². The number of ether oxygens (including phenoxy) is 1. The van der Waals surface area contributed by atoms with Crippen LogP contribution in [0, 0.1) is 0 Å². The highest BCUT2D eigenvalue weighted by Crippen LogP contribution is 2.22. The van der Waals surface area contributed by atoms with Crippen molar-refractivity contribution < 1.29 is 4.74 Å². The minimum absolute atomic E-state index is 0.480. The average Bonchev–Trinajstić information content (AvgIpc) is 2.94. The van der Waals surface area contributed by atoms with Gasteiger partial charge in [-0.05, 0) is 61.8 Å². The molecule has 0 atom stereocenters. The molecular weight excluding hydrogens is 438 g/mol. The lowest BCUT2D eigenvalue weighted by molar-refractivity contribution is 0.306. The van der Waals surface area contributed by atoms with E-state index in [9.17, 15) is 0 Å². The number of aromatic nitrogens is 3. The molecule has 8 heteroatoms. The molecule has 1 aromatic heterocycles. The fourth-order valence-corrected chi connectivity index (χ4v) is 4.46. The van der Waals surface area contributed by atoms with E-state index in [0.717, 1.165) is 55.0 Å². The Balaban J connectivity index is 1.27. The van der Waals surface area contributed by atoms with E-state index >= 15 is 0 Å². The van der Waals surface area contributed by atoms with Crippen molar-refractivity contribution in [2.75, 3.05) is 41.4 Å². The molecule has 0 spiro atoms. The van der Waals surface area contributed by atoms with Gasteiger partial charge in [-0.25, -0.2) is 5.43 Å². The van der Waals surface area contributed by atoms with Crippen molar-refractivity contribution in [1.82, 2.24) is 15.0 Å². The molecule has 3 aromatic rings. The van der Waals surface area contributed by atoms with Crippen LogP contribution in [0.4, 0.5) is 17.8 Å². The summed E-state index contributed by atoms with van der Waals surface area (Å²) in [4.78, 5) is 18.7. The first-order valence-electron chi connectivity index (χ1n) is 12.7. The van der Waals surface area contributed by atoms with Crippen LogP contribution in [0.15, 0.2) is 59.7 Å². The van der Waals surface area contributed by atoms with E-state index in [-0.39, 0.29) is 0 Å². The Morgan fingerprint density at radius 2 is 1.43 bits per heavy atom. The average molecular weight is 472 g/mol. The Morgan fingerprint density at radius 1 is 0.771 bits per heavy atom. The zero-order valence-corrected chi connectivity index (χ0v) is 20.1. The summed E-state index contributed by atoms with van der Waals surface area (Å²) in [5.41, 5.74) is 5.11. The van der Waals surface area contributed by atoms with Crippen LogP contribution in [-0.2, 0) is 6.61 Å². The molecule has 2 aliphatic heterocycles. The molecular formula is C27H33N7O. The fraction of sp³-hybridized carbons (Fsp3) is 0.407. The van der Waals surface area contributed by atoms with E-state index in [1.807, 2.05) is 42.5 Å². The van der Waals surface area contributed by atoms with Gasteiger partial charge in [-0.1, -0.05) is 42.5 Å². The van der Waals surface area contributed by atoms with E-state index in [2.05, 4.69) is 32.5 Å². The summed E-state index contributed by atoms with van der Waals surface area (Å²) < 4.78 is 5.94. The van der Waals surface area contributed by atoms with E-state index in [4.69, 9.17) is 19.7 Å². The Hall–Kier alpha value is -3.68. The molecule has 2 saturated heterocycles. The number of nitrogens with one attached hydrogen (secondary N) is 1. The molecule has 8 nitrogen and oxygen atoms in total. The van der Waals surface area contributed by atoms with Crippen molar-refractivity contribution in [1.29, 1.82) is 0 Å². The van der Waals surface area contributed by atoms with Crippen LogP contribution in [0.25, 0.3) is 0 Å². The molecule has 182 valence electrons. The van der Waals surface area contributed by atoms with Gasteiger partial charge < -0.3 is 14.5 Å². The number of nitrogens with zero attached hydrogens (tertiary/aromatic N) is 6. The molecule has 0 aliphatic carbocycles. The van der Waals surface area contributed by atoms with Crippen LogP contribution in [0.5, 0.6) is 5.75 Å². The normalized spacial score (nSPS) is 16.5. The number of piperidine rings is 2.